The summed E-state index contributed by atoms with van der Waals surface area (Å²) in [5.74, 6) is 2.24. The third-order valence-corrected chi connectivity index (χ3v) is 3.64. The molecule has 0 amide bonds. The molecule has 104 valence electrons. The maximum atomic E-state index is 5.84. The summed E-state index contributed by atoms with van der Waals surface area (Å²) >= 11 is 0. The zero-order chi connectivity index (χ0) is 13.5. The lowest BCUT2D eigenvalue weighted by Crippen LogP contribution is -2.34. The van der Waals surface area contributed by atoms with Gasteiger partial charge >= 0.3 is 0 Å². The van der Waals surface area contributed by atoms with Crippen LogP contribution >= 0.6 is 0 Å². The smallest absolute Gasteiger partial charge is 0.188 e. The molecule has 0 heterocycles. The number of nitrogens with zero attached hydrogens (tertiary/aromatic N) is 1. The van der Waals surface area contributed by atoms with Gasteiger partial charge in [0.05, 0.1) is 7.11 Å². The van der Waals surface area contributed by atoms with E-state index in [9.17, 15) is 0 Å². The molecule has 0 aliphatic heterocycles. The van der Waals surface area contributed by atoms with Crippen molar-refractivity contribution in [3.05, 3.63) is 29.8 Å². The minimum absolute atomic E-state index is 0.557. The van der Waals surface area contributed by atoms with E-state index in [0.29, 0.717) is 5.96 Å². The van der Waals surface area contributed by atoms with Crippen LogP contribution < -0.4 is 15.8 Å². The first-order chi connectivity index (χ1) is 9.29. The molecule has 4 nitrogen and oxygen atoms in total. The highest BCUT2D eigenvalue weighted by Crippen LogP contribution is 2.26. The van der Waals surface area contributed by atoms with Crippen molar-refractivity contribution >= 4 is 5.96 Å². The van der Waals surface area contributed by atoms with Gasteiger partial charge in [-0.3, -0.25) is 4.99 Å². The Hall–Kier alpha value is -1.71. The number of benzene rings is 1. The largest absolute Gasteiger partial charge is 0.496 e. The summed E-state index contributed by atoms with van der Waals surface area (Å²) in [5.41, 5.74) is 7.03. The fraction of sp³-hybridized carbons (Fsp3) is 0.533. The third-order valence-electron chi connectivity index (χ3n) is 3.64. The van der Waals surface area contributed by atoms with Crippen LogP contribution in [0.1, 0.15) is 24.8 Å². The Kier molecular flexibility index (Phi) is 5.07. The van der Waals surface area contributed by atoms with E-state index in [1.54, 1.807) is 7.11 Å². The molecule has 3 N–H and O–H groups in total. The average Bonchev–Trinajstić information content (AvgIpc) is 2.37. The summed E-state index contributed by atoms with van der Waals surface area (Å²) in [7, 11) is 1.70. The van der Waals surface area contributed by atoms with E-state index in [2.05, 4.69) is 16.4 Å². The SMILES string of the molecule is COc1ccccc1CCNC(N)=NCC1CCC1. The predicted octanol–water partition coefficient (Wildman–Crippen LogP) is 1.94. The van der Waals surface area contributed by atoms with Gasteiger partial charge in [0.2, 0.25) is 0 Å². The van der Waals surface area contributed by atoms with E-state index in [-0.39, 0.29) is 0 Å². The maximum absolute atomic E-state index is 5.84. The predicted molar refractivity (Wildman–Crippen MR) is 78.5 cm³/mol. The quantitative estimate of drug-likeness (QED) is 0.608. The van der Waals surface area contributed by atoms with Crippen LogP contribution in [0.2, 0.25) is 0 Å². The van der Waals surface area contributed by atoms with E-state index in [4.69, 9.17) is 10.5 Å². The van der Waals surface area contributed by atoms with Crippen LogP contribution in [0.15, 0.2) is 29.3 Å². The zero-order valence-corrected chi connectivity index (χ0v) is 11.6. The van der Waals surface area contributed by atoms with E-state index < -0.39 is 0 Å². The van der Waals surface area contributed by atoms with Crippen molar-refractivity contribution in [1.29, 1.82) is 0 Å². The minimum atomic E-state index is 0.557. The summed E-state index contributed by atoms with van der Waals surface area (Å²) in [6.45, 7) is 1.65. The highest BCUT2D eigenvalue weighted by atomic mass is 16.5. The number of hydrogen-bond acceptors (Lipinski definition) is 2. The number of nitrogens with two attached hydrogens (primary N) is 1. The van der Waals surface area contributed by atoms with Crippen molar-refractivity contribution in [3.8, 4) is 5.75 Å². The molecule has 1 aromatic rings. The van der Waals surface area contributed by atoms with Gasteiger partial charge in [0.15, 0.2) is 5.96 Å². The Morgan fingerprint density at radius 1 is 1.42 bits per heavy atom. The molecule has 1 aliphatic rings. The monoisotopic (exact) mass is 261 g/mol. The van der Waals surface area contributed by atoms with Crippen molar-refractivity contribution in [2.24, 2.45) is 16.6 Å². The second-order valence-electron chi connectivity index (χ2n) is 5.01. The molecule has 1 aromatic carbocycles. The van der Waals surface area contributed by atoms with Crippen molar-refractivity contribution < 1.29 is 4.74 Å². The number of ether oxygens (including phenoxy) is 1. The van der Waals surface area contributed by atoms with Crippen molar-refractivity contribution in [2.75, 3.05) is 20.2 Å². The van der Waals surface area contributed by atoms with Gasteiger partial charge in [-0.1, -0.05) is 24.6 Å². The summed E-state index contributed by atoms with van der Waals surface area (Å²) in [4.78, 5) is 4.37. The Labute approximate surface area is 115 Å². The summed E-state index contributed by atoms with van der Waals surface area (Å²) in [6.07, 6.45) is 4.83. The van der Waals surface area contributed by atoms with Gasteiger partial charge in [0, 0.05) is 13.1 Å². The van der Waals surface area contributed by atoms with Crippen LogP contribution in [0.4, 0.5) is 0 Å². The Morgan fingerprint density at radius 3 is 2.89 bits per heavy atom. The van der Waals surface area contributed by atoms with Crippen LogP contribution in [0.25, 0.3) is 0 Å². The van der Waals surface area contributed by atoms with Crippen LogP contribution in [-0.4, -0.2) is 26.2 Å². The molecule has 19 heavy (non-hydrogen) atoms. The molecule has 0 radical (unpaired) electrons. The average molecular weight is 261 g/mol. The number of hydrogen-bond donors (Lipinski definition) is 2. The van der Waals surface area contributed by atoms with Crippen LogP contribution in [0.3, 0.4) is 0 Å². The maximum Gasteiger partial charge on any atom is 0.188 e. The highest BCUT2D eigenvalue weighted by Gasteiger charge is 2.16. The Bertz CT molecular complexity index is 427. The Balaban J connectivity index is 1.72. The van der Waals surface area contributed by atoms with Gasteiger partial charge in [-0.05, 0) is 36.8 Å². The highest BCUT2D eigenvalue weighted by molar-refractivity contribution is 5.77. The van der Waals surface area contributed by atoms with Gasteiger partial charge < -0.3 is 15.8 Å². The number of aliphatic imine (C=N–C) groups is 1. The van der Waals surface area contributed by atoms with Gasteiger partial charge in [-0.2, -0.15) is 0 Å². The van der Waals surface area contributed by atoms with Crippen LogP contribution in [-0.2, 0) is 6.42 Å². The molecule has 0 atom stereocenters. The lowest BCUT2D eigenvalue weighted by Gasteiger charge is -2.23. The first kappa shape index (κ1) is 13.7. The first-order valence-electron chi connectivity index (χ1n) is 6.95. The van der Waals surface area contributed by atoms with Gasteiger partial charge in [-0.15, -0.1) is 0 Å². The standard InChI is InChI=1S/C15H23N3O/c1-19-14-8-3-2-7-13(14)9-10-17-15(16)18-11-12-5-4-6-12/h2-3,7-8,12H,4-6,9-11H2,1H3,(H3,16,17,18). The second kappa shape index (κ2) is 7.02. The van der Waals surface area contributed by atoms with Gasteiger partial charge in [0.1, 0.15) is 5.75 Å². The van der Waals surface area contributed by atoms with E-state index >= 15 is 0 Å². The summed E-state index contributed by atoms with van der Waals surface area (Å²) < 4.78 is 5.31. The van der Waals surface area contributed by atoms with E-state index in [1.807, 2.05) is 18.2 Å². The number of rotatable bonds is 6. The van der Waals surface area contributed by atoms with Crippen molar-refractivity contribution in [3.63, 3.8) is 0 Å². The number of guanidine groups is 1. The molecule has 0 saturated heterocycles. The molecule has 1 fully saturated rings. The molecule has 1 saturated carbocycles. The fourth-order valence-corrected chi connectivity index (χ4v) is 2.19. The zero-order valence-electron chi connectivity index (χ0n) is 11.6. The number of methoxy groups -OCH3 is 1. The molecule has 0 spiro atoms. The second-order valence-corrected chi connectivity index (χ2v) is 5.01. The topological polar surface area (TPSA) is 59.6 Å². The number of nitrogens with one attached hydrogen (secondary N) is 1. The van der Waals surface area contributed by atoms with Gasteiger partial charge in [0.25, 0.3) is 0 Å². The number of para-hydroxylation sites is 1. The molecule has 0 unspecified atom stereocenters. The minimum Gasteiger partial charge on any atom is -0.496 e. The molecular formula is C15H23N3O. The summed E-state index contributed by atoms with van der Waals surface area (Å²) in [5, 5.41) is 3.16. The summed E-state index contributed by atoms with van der Waals surface area (Å²) in [6, 6.07) is 8.04. The molecule has 0 bridgehead atoms. The molecule has 2 rings (SSSR count). The fourth-order valence-electron chi connectivity index (χ4n) is 2.19. The van der Waals surface area contributed by atoms with Crippen molar-refractivity contribution in [2.45, 2.75) is 25.7 Å². The molecule has 0 aromatic heterocycles. The van der Waals surface area contributed by atoms with E-state index in [1.165, 1.54) is 24.8 Å². The molecular weight excluding hydrogens is 238 g/mol. The van der Waals surface area contributed by atoms with Crippen LogP contribution in [0.5, 0.6) is 5.75 Å². The van der Waals surface area contributed by atoms with Crippen molar-refractivity contribution in [1.82, 2.24) is 5.32 Å². The lowest BCUT2D eigenvalue weighted by atomic mass is 9.86. The van der Waals surface area contributed by atoms with E-state index in [0.717, 1.165) is 31.2 Å². The third kappa shape index (κ3) is 4.16. The van der Waals surface area contributed by atoms with Gasteiger partial charge in [-0.25, -0.2) is 0 Å². The Morgan fingerprint density at radius 2 is 2.21 bits per heavy atom. The normalized spacial score (nSPS) is 15.9. The first-order valence-corrected chi connectivity index (χ1v) is 6.95. The lowest BCUT2D eigenvalue weighted by molar-refractivity contribution is 0.326. The molecule has 4 heteroatoms. The molecule has 1 aliphatic carbocycles. The van der Waals surface area contributed by atoms with Crippen LogP contribution in [0, 0.1) is 5.92 Å².